The number of aromatic nitrogens is 1. The summed E-state index contributed by atoms with van der Waals surface area (Å²) in [4.78, 5) is 12.1. The number of carbonyl (C=O) groups excluding carboxylic acids is 1. The van der Waals surface area contributed by atoms with Crippen molar-refractivity contribution in [3.8, 4) is 6.07 Å². The van der Waals surface area contributed by atoms with E-state index in [1.54, 1.807) is 0 Å². The predicted molar refractivity (Wildman–Crippen MR) is 80.4 cm³/mol. The van der Waals surface area contributed by atoms with Crippen molar-refractivity contribution < 1.29 is 9.53 Å². The summed E-state index contributed by atoms with van der Waals surface area (Å²) in [5.41, 5.74) is 3.30. The van der Waals surface area contributed by atoms with Crippen molar-refractivity contribution in [2.75, 3.05) is 6.61 Å². The zero-order chi connectivity index (χ0) is 14.8. The molecule has 0 saturated heterocycles. The molecule has 0 radical (unpaired) electrons. The number of rotatable bonds is 3. The van der Waals surface area contributed by atoms with Crippen LogP contribution in [-0.2, 0) is 9.53 Å². The van der Waals surface area contributed by atoms with Gasteiger partial charge in [0.05, 0.1) is 23.3 Å². The van der Waals surface area contributed by atoms with Gasteiger partial charge in [0.2, 0.25) is 0 Å². The molecule has 1 aromatic heterocycles. The van der Waals surface area contributed by atoms with E-state index in [1.807, 2.05) is 42.0 Å². The van der Waals surface area contributed by atoms with Crippen LogP contribution in [0.4, 0.5) is 0 Å². The third-order valence-electron chi connectivity index (χ3n) is 3.83. The topological polar surface area (TPSA) is 55.0 Å². The first-order valence-corrected chi connectivity index (χ1v) is 7.16. The highest BCUT2D eigenvalue weighted by Crippen LogP contribution is 2.34. The van der Waals surface area contributed by atoms with Crippen molar-refractivity contribution in [3.05, 3.63) is 41.6 Å². The van der Waals surface area contributed by atoms with Crippen LogP contribution >= 0.6 is 0 Å². The Hall–Kier alpha value is -2.54. The highest BCUT2D eigenvalue weighted by molar-refractivity contribution is 5.98. The van der Waals surface area contributed by atoms with Gasteiger partial charge in [-0.2, -0.15) is 5.26 Å². The van der Waals surface area contributed by atoms with E-state index in [4.69, 9.17) is 4.74 Å². The molecule has 0 saturated carbocycles. The number of benzene rings is 1. The Morgan fingerprint density at radius 3 is 2.95 bits per heavy atom. The molecule has 1 aliphatic rings. The van der Waals surface area contributed by atoms with Crippen molar-refractivity contribution in [1.82, 2.24) is 4.57 Å². The minimum atomic E-state index is -0.235. The Balaban J connectivity index is 2.18. The molecule has 0 N–H and O–H groups in total. The molecule has 0 aliphatic heterocycles. The molecule has 21 heavy (non-hydrogen) atoms. The van der Waals surface area contributed by atoms with Gasteiger partial charge in [-0.1, -0.05) is 18.2 Å². The number of ether oxygens (including phenoxy) is 1. The van der Waals surface area contributed by atoms with Crippen molar-refractivity contribution in [1.29, 1.82) is 5.26 Å². The highest BCUT2D eigenvalue weighted by Gasteiger charge is 2.24. The number of carbonyl (C=O) groups is 1. The molecule has 1 heterocycles. The number of esters is 1. The number of nitrogens with zero attached hydrogens (tertiary/aromatic N) is 2. The summed E-state index contributed by atoms with van der Waals surface area (Å²) >= 11 is 0. The molecule has 0 bridgehead atoms. The van der Waals surface area contributed by atoms with Crippen LogP contribution in [0, 0.1) is 11.3 Å². The molecule has 1 aliphatic carbocycles. The van der Waals surface area contributed by atoms with E-state index >= 15 is 0 Å². The lowest BCUT2D eigenvalue weighted by atomic mass is 10.2. The first-order valence-electron chi connectivity index (χ1n) is 7.16. The Kier molecular flexibility index (Phi) is 3.49. The lowest BCUT2D eigenvalue weighted by molar-refractivity contribution is -0.138. The van der Waals surface area contributed by atoms with Gasteiger partial charge in [-0.15, -0.1) is 0 Å². The van der Waals surface area contributed by atoms with E-state index in [1.165, 1.54) is 0 Å². The minimum Gasteiger partial charge on any atom is -0.463 e. The minimum absolute atomic E-state index is 0.235. The van der Waals surface area contributed by atoms with Crippen molar-refractivity contribution >= 4 is 22.6 Å². The van der Waals surface area contributed by atoms with Crippen LogP contribution in [0.2, 0.25) is 0 Å². The molecule has 0 unspecified atom stereocenters. The number of allylic oxidation sites excluding steroid dienone is 1. The van der Waals surface area contributed by atoms with E-state index in [-0.39, 0.29) is 5.97 Å². The third kappa shape index (κ3) is 2.21. The van der Waals surface area contributed by atoms with E-state index in [2.05, 4.69) is 6.07 Å². The van der Waals surface area contributed by atoms with Crippen LogP contribution in [0.25, 0.3) is 16.6 Å². The Labute approximate surface area is 123 Å². The normalized spacial score (nSPS) is 14.5. The zero-order valence-corrected chi connectivity index (χ0v) is 11.9. The van der Waals surface area contributed by atoms with Crippen molar-refractivity contribution in [2.45, 2.75) is 26.2 Å². The molecule has 4 heteroatoms. The summed E-state index contributed by atoms with van der Waals surface area (Å²) in [6.07, 6.45) is 4.34. The van der Waals surface area contributed by atoms with E-state index < -0.39 is 0 Å². The van der Waals surface area contributed by atoms with Gasteiger partial charge in [-0.3, -0.25) is 0 Å². The summed E-state index contributed by atoms with van der Waals surface area (Å²) in [5.74, 6) is -0.235. The number of fused-ring (bicyclic) bond motifs is 1. The fourth-order valence-electron chi connectivity index (χ4n) is 2.92. The second-order valence-corrected chi connectivity index (χ2v) is 5.04. The Morgan fingerprint density at radius 1 is 1.38 bits per heavy atom. The molecule has 2 aromatic rings. The predicted octanol–water partition coefficient (Wildman–Crippen LogP) is 3.47. The van der Waals surface area contributed by atoms with E-state index in [0.717, 1.165) is 41.4 Å². The molecule has 0 amide bonds. The van der Waals surface area contributed by atoms with Gasteiger partial charge in [0.1, 0.15) is 6.07 Å². The SMILES string of the molecule is CCOC(=O)C1=C(n2cc(C#N)c3ccccc32)CCC1. The fraction of sp³-hybridized carbons (Fsp3) is 0.294. The highest BCUT2D eigenvalue weighted by atomic mass is 16.5. The molecule has 4 nitrogen and oxygen atoms in total. The monoisotopic (exact) mass is 280 g/mol. The molecule has 0 fully saturated rings. The van der Waals surface area contributed by atoms with Crippen LogP contribution in [0.15, 0.2) is 36.0 Å². The average Bonchev–Trinajstić information content (AvgIpc) is 3.11. The Morgan fingerprint density at radius 2 is 2.19 bits per heavy atom. The second kappa shape index (κ2) is 5.45. The lowest BCUT2D eigenvalue weighted by Gasteiger charge is -2.09. The number of nitriles is 1. The third-order valence-corrected chi connectivity index (χ3v) is 3.83. The quantitative estimate of drug-likeness (QED) is 0.809. The number of hydrogen-bond donors (Lipinski definition) is 0. The van der Waals surface area contributed by atoms with Gasteiger partial charge in [-0.05, 0) is 32.3 Å². The number of hydrogen-bond acceptors (Lipinski definition) is 3. The van der Waals surface area contributed by atoms with Crippen molar-refractivity contribution in [3.63, 3.8) is 0 Å². The van der Waals surface area contributed by atoms with Gasteiger partial charge in [0.15, 0.2) is 0 Å². The summed E-state index contributed by atoms with van der Waals surface area (Å²) in [6, 6.07) is 10.00. The van der Waals surface area contributed by atoms with Gasteiger partial charge in [0.25, 0.3) is 0 Å². The van der Waals surface area contributed by atoms with Gasteiger partial charge in [0, 0.05) is 17.3 Å². The molecule has 0 atom stereocenters. The van der Waals surface area contributed by atoms with Crippen LogP contribution < -0.4 is 0 Å². The van der Waals surface area contributed by atoms with Crippen LogP contribution in [0.1, 0.15) is 31.7 Å². The van der Waals surface area contributed by atoms with Crippen LogP contribution in [-0.4, -0.2) is 17.1 Å². The first kappa shape index (κ1) is 13.4. The van der Waals surface area contributed by atoms with Gasteiger partial charge >= 0.3 is 5.97 Å². The van der Waals surface area contributed by atoms with E-state index in [0.29, 0.717) is 12.2 Å². The van der Waals surface area contributed by atoms with E-state index in [9.17, 15) is 10.1 Å². The summed E-state index contributed by atoms with van der Waals surface area (Å²) < 4.78 is 7.13. The molecular weight excluding hydrogens is 264 g/mol. The average molecular weight is 280 g/mol. The molecular formula is C17H16N2O2. The van der Waals surface area contributed by atoms with Crippen molar-refractivity contribution in [2.24, 2.45) is 0 Å². The molecule has 3 rings (SSSR count). The summed E-state index contributed by atoms with van der Waals surface area (Å²) in [6.45, 7) is 2.19. The maximum atomic E-state index is 12.1. The lowest BCUT2D eigenvalue weighted by Crippen LogP contribution is -2.09. The fourth-order valence-corrected chi connectivity index (χ4v) is 2.92. The smallest absolute Gasteiger partial charge is 0.335 e. The van der Waals surface area contributed by atoms with Gasteiger partial charge < -0.3 is 9.30 Å². The zero-order valence-electron chi connectivity index (χ0n) is 11.9. The standard InChI is InChI=1S/C17H16N2O2/c1-2-21-17(20)14-7-5-9-16(14)19-11-12(10-18)13-6-3-4-8-15(13)19/h3-4,6,8,11H,2,5,7,9H2,1H3. The first-order chi connectivity index (χ1) is 10.3. The maximum Gasteiger partial charge on any atom is 0.335 e. The Bertz CT molecular complexity index is 778. The maximum absolute atomic E-state index is 12.1. The second-order valence-electron chi connectivity index (χ2n) is 5.04. The number of para-hydroxylation sites is 1. The molecule has 106 valence electrons. The molecule has 1 aromatic carbocycles. The summed E-state index contributed by atoms with van der Waals surface area (Å²) in [5, 5.41) is 10.2. The summed E-state index contributed by atoms with van der Waals surface area (Å²) in [7, 11) is 0. The van der Waals surface area contributed by atoms with Crippen LogP contribution in [0.3, 0.4) is 0 Å². The van der Waals surface area contributed by atoms with Crippen LogP contribution in [0.5, 0.6) is 0 Å². The molecule has 0 spiro atoms. The largest absolute Gasteiger partial charge is 0.463 e. The van der Waals surface area contributed by atoms with Gasteiger partial charge in [-0.25, -0.2) is 4.79 Å².